The van der Waals surface area contributed by atoms with Gasteiger partial charge in [0.1, 0.15) is 5.82 Å². The highest BCUT2D eigenvalue weighted by atomic mass is 35.5. The first kappa shape index (κ1) is 8.82. The summed E-state index contributed by atoms with van der Waals surface area (Å²) in [6.45, 7) is 0.934. The number of nitrogens with one attached hydrogen (secondary N) is 1. The molecule has 1 heterocycles. The number of benzene rings is 1. The van der Waals surface area contributed by atoms with Crippen molar-refractivity contribution in [2.24, 2.45) is 0 Å². The molecular weight excluding hydrogens is 189 g/mol. The van der Waals surface area contributed by atoms with E-state index in [1.54, 1.807) is 12.1 Å². The Morgan fingerprint density at radius 1 is 1.31 bits per heavy atom. The van der Waals surface area contributed by atoms with Crippen LogP contribution >= 0.6 is 12.4 Å². The largest absolute Gasteiger partial charge is 0.384 e. The molecule has 0 aromatic heterocycles. The first-order valence-electron chi connectivity index (χ1n) is 4.35. The van der Waals surface area contributed by atoms with Gasteiger partial charge in [-0.25, -0.2) is 4.39 Å². The molecule has 1 aromatic rings. The SMILES string of the molecule is Cl.Fc1cccc2c1C1(CC1)CN2. The molecule has 1 aromatic carbocycles. The van der Waals surface area contributed by atoms with Gasteiger partial charge in [0.25, 0.3) is 0 Å². The van der Waals surface area contributed by atoms with Gasteiger partial charge < -0.3 is 5.32 Å². The van der Waals surface area contributed by atoms with Crippen molar-refractivity contribution in [1.82, 2.24) is 0 Å². The van der Waals surface area contributed by atoms with Crippen molar-refractivity contribution >= 4 is 18.1 Å². The molecule has 2 aliphatic rings. The summed E-state index contributed by atoms with van der Waals surface area (Å²) in [6.07, 6.45) is 2.29. The van der Waals surface area contributed by atoms with Gasteiger partial charge in [0.2, 0.25) is 0 Å². The topological polar surface area (TPSA) is 12.0 Å². The van der Waals surface area contributed by atoms with Gasteiger partial charge in [-0.15, -0.1) is 12.4 Å². The molecule has 0 saturated heterocycles. The van der Waals surface area contributed by atoms with Crippen molar-refractivity contribution in [3.63, 3.8) is 0 Å². The van der Waals surface area contributed by atoms with E-state index in [0.29, 0.717) is 0 Å². The van der Waals surface area contributed by atoms with Crippen LogP contribution in [0.2, 0.25) is 0 Å². The van der Waals surface area contributed by atoms with E-state index in [1.165, 1.54) is 0 Å². The zero-order valence-corrected chi connectivity index (χ0v) is 7.96. The van der Waals surface area contributed by atoms with Crippen LogP contribution in [0, 0.1) is 5.82 Å². The molecule has 70 valence electrons. The maximum atomic E-state index is 13.4. The molecular formula is C10H11ClFN. The quantitative estimate of drug-likeness (QED) is 0.678. The number of rotatable bonds is 0. The van der Waals surface area contributed by atoms with Gasteiger partial charge in [-0.05, 0) is 25.0 Å². The molecule has 1 fully saturated rings. The summed E-state index contributed by atoms with van der Waals surface area (Å²) in [7, 11) is 0. The predicted molar refractivity (Wildman–Crippen MR) is 53.0 cm³/mol. The summed E-state index contributed by atoms with van der Waals surface area (Å²) in [5, 5.41) is 3.25. The second-order valence-corrected chi connectivity index (χ2v) is 3.80. The maximum absolute atomic E-state index is 13.4. The third kappa shape index (κ3) is 1.05. The molecule has 1 nitrogen and oxygen atoms in total. The van der Waals surface area contributed by atoms with E-state index >= 15 is 0 Å². The van der Waals surface area contributed by atoms with E-state index in [0.717, 1.165) is 30.6 Å². The molecule has 1 aliphatic heterocycles. The molecule has 1 spiro atoms. The molecule has 1 aliphatic carbocycles. The molecule has 3 rings (SSSR count). The van der Waals surface area contributed by atoms with Gasteiger partial charge in [0, 0.05) is 23.2 Å². The Bertz CT molecular complexity index is 347. The van der Waals surface area contributed by atoms with Crippen LogP contribution in [0.25, 0.3) is 0 Å². The lowest BCUT2D eigenvalue weighted by atomic mass is 9.98. The highest BCUT2D eigenvalue weighted by Crippen LogP contribution is 2.54. The molecule has 1 N–H and O–H groups in total. The minimum atomic E-state index is -0.0324. The van der Waals surface area contributed by atoms with E-state index in [2.05, 4.69) is 5.32 Å². The minimum Gasteiger partial charge on any atom is -0.384 e. The molecule has 0 amide bonds. The van der Waals surface area contributed by atoms with Crippen LogP contribution in [0.3, 0.4) is 0 Å². The van der Waals surface area contributed by atoms with E-state index in [-0.39, 0.29) is 23.6 Å². The normalized spacial score (nSPS) is 20.4. The van der Waals surface area contributed by atoms with Crippen molar-refractivity contribution in [2.75, 3.05) is 11.9 Å². The Morgan fingerprint density at radius 3 is 2.77 bits per heavy atom. The zero-order valence-electron chi connectivity index (χ0n) is 7.14. The Balaban J connectivity index is 0.000000653. The fraction of sp³-hybridized carbons (Fsp3) is 0.400. The number of hydrogen-bond donors (Lipinski definition) is 1. The second kappa shape index (κ2) is 2.61. The van der Waals surface area contributed by atoms with Crippen LogP contribution in [-0.4, -0.2) is 6.54 Å². The average molecular weight is 200 g/mol. The Kier molecular flexibility index (Phi) is 1.77. The molecule has 0 bridgehead atoms. The maximum Gasteiger partial charge on any atom is 0.129 e. The van der Waals surface area contributed by atoms with E-state index < -0.39 is 0 Å². The second-order valence-electron chi connectivity index (χ2n) is 3.80. The Labute approximate surface area is 82.7 Å². The fourth-order valence-electron chi connectivity index (χ4n) is 2.14. The van der Waals surface area contributed by atoms with Gasteiger partial charge in [0.15, 0.2) is 0 Å². The van der Waals surface area contributed by atoms with Crippen molar-refractivity contribution < 1.29 is 4.39 Å². The molecule has 1 saturated carbocycles. The highest BCUT2D eigenvalue weighted by molar-refractivity contribution is 5.85. The first-order valence-corrected chi connectivity index (χ1v) is 4.35. The number of fused-ring (bicyclic) bond motifs is 2. The van der Waals surface area contributed by atoms with E-state index in [4.69, 9.17) is 0 Å². The summed E-state index contributed by atoms with van der Waals surface area (Å²) in [5.41, 5.74) is 2.12. The minimum absolute atomic E-state index is 0. The number of halogens is 2. The molecule has 13 heavy (non-hydrogen) atoms. The highest BCUT2D eigenvalue weighted by Gasteiger charge is 2.50. The van der Waals surface area contributed by atoms with Gasteiger partial charge in [-0.1, -0.05) is 6.07 Å². The smallest absolute Gasteiger partial charge is 0.129 e. The van der Waals surface area contributed by atoms with Crippen LogP contribution < -0.4 is 5.32 Å². The van der Waals surface area contributed by atoms with Gasteiger partial charge in [-0.2, -0.15) is 0 Å². The molecule has 0 unspecified atom stereocenters. The van der Waals surface area contributed by atoms with Crippen LogP contribution in [0.4, 0.5) is 10.1 Å². The lowest BCUT2D eigenvalue weighted by Gasteiger charge is -2.05. The summed E-state index contributed by atoms with van der Waals surface area (Å²) in [5.74, 6) is -0.0324. The third-order valence-corrected chi connectivity index (χ3v) is 3.01. The van der Waals surface area contributed by atoms with Crippen LogP contribution in [0.1, 0.15) is 18.4 Å². The monoisotopic (exact) mass is 199 g/mol. The van der Waals surface area contributed by atoms with Crippen LogP contribution in [0.5, 0.6) is 0 Å². The fourth-order valence-corrected chi connectivity index (χ4v) is 2.14. The van der Waals surface area contributed by atoms with Gasteiger partial charge in [0.05, 0.1) is 0 Å². The molecule has 0 atom stereocenters. The van der Waals surface area contributed by atoms with Crippen molar-refractivity contribution in [2.45, 2.75) is 18.3 Å². The summed E-state index contributed by atoms with van der Waals surface area (Å²) < 4.78 is 13.4. The van der Waals surface area contributed by atoms with Crippen molar-refractivity contribution in [1.29, 1.82) is 0 Å². The van der Waals surface area contributed by atoms with Crippen LogP contribution in [-0.2, 0) is 5.41 Å². The van der Waals surface area contributed by atoms with Crippen molar-refractivity contribution in [3.05, 3.63) is 29.6 Å². The standard InChI is InChI=1S/C10H10FN.ClH/c11-7-2-1-3-8-9(7)10(4-5-10)6-12-8;/h1-3,12H,4-6H2;1H. The van der Waals surface area contributed by atoms with E-state index in [1.807, 2.05) is 6.07 Å². The number of hydrogen-bond acceptors (Lipinski definition) is 1. The Morgan fingerprint density at radius 2 is 2.08 bits per heavy atom. The molecule has 0 radical (unpaired) electrons. The lowest BCUT2D eigenvalue weighted by Crippen LogP contribution is -2.09. The first-order chi connectivity index (χ1) is 5.82. The molecule has 3 heteroatoms. The van der Waals surface area contributed by atoms with E-state index in [9.17, 15) is 4.39 Å². The van der Waals surface area contributed by atoms with Crippen LogP contribution in [0.15, 0.2) is 18.2 Å². The average Bonchev–Trinajstić information content (AvgIpc) is 2.71. The van der Waals surface area contributed by atoms with Gasteiger partial charge in [-0.3, -0.25) is 0 Å². The summed E-state index contributed by atoms with van der Waals surface area (Å²) >= 11 is 0. The third-order valence-electron chi connectivity index (χ3n) is 3.01. The summed E-state index contributed by atoms with van der Waals surface area (Å²) in [4.78, 5) is 0. The van der Waals surface area contributed by atoms with Gasteiger partial charge >= 0.3 is 0 Å². The predicted octanol–water partition coefficient (Wildman–Crippen LogP) is 2.70. The zero-order chi connectivity index (χ0) is 8.18. The number of anilines is 1. The summed E-state index contributed by atoms with van der Waals surface area (Å²) in [6, 6.07) is 5.29. The Hall–Kier alpha value is -0.760. The lowest BCUT2D eigenvalue weighted by molar-refractivity contribution is 0.592. The van der Waals surface area contributed by atoms with Crippen molar-refractivity contribution in [3.8, 4) is 0 Å².